The Labute approximate surface area is 142 Å². The van der Waals surface area contributed by atoms with E-state index < -0.39 is 0 Å². The van der Waals surface area contributed by atoms with Crippen molar-refractivity contribution in [3.05, 3.63) is 70.5 Å². The SMILES string of the molecule is Cc1ccc(C(=O)NCc2ccccc2CN2CCCC2)cc1F. The van der Waals surface area contributed by atoms with Crippen molar-refractivity contribution in [3.63, 3.8) is 0 Å². The highest BCUT2D eigenvalue weighted by molar-refractivity contribution is 5.94. The van der Waals surface area contributed by atoms with Gasteiger partial charge in [-0.1, -0.05) is 30.3 Å². The van der Waals surface area contributed by atoms with E-state index in [0.717, 1.165) is 25.2 Å². The average molecular weight is 326 g/mol. The highest BCUT2D eigenvalue weighted by atomic mass is 19.1. The number of rotatable bonds is 5. The lowest BCUT2D eigenvalue weighted by atomic mass is 10.1. The van der Waals surface area contributed by atoms with Crippen molar-refractivity contribution in [1.82, 2.24) is 10.2 Å². The van der Waals surface area contributed by atoms with Crippen LogP contribution in [0.15, 0.2) is 42.5 Å². The van der Waals surface area contributed by atoms with E-state index in [9.17, 15) is 9.18 Å². The number of carbonyl (C=O) groups is 1. The van der Waals surface area contributed by atoms with Crippen molar-refractivity contribution >= 4 is 5.91 Å². The highest BCUT2D eigenvalue weighted by Crippen LogP contribution is 2.16. The van der Waals surface area contributed by atoms with Gasteiger partial charge in [0.2, 0.25) is 0 Å². The number of nitrogens with one attached hydrogen (secondary N) is 1. The van der Waals surface area contributed by atoms with E-state index in [1.165, 1.54) is 24.5 Å². The van der Waals surface area contributed by atoms with E-state index in [1.54, 1.807) is 19.1 Å². The normalized spacial score (nSPS) is 14.8. The van der Waals surface area contributed by atoms with Gasteiger partial charge in [-0.3, -0.25) is 9.69 Å². The van der Waals surface area contributed by atoms with Crippen LogP contribution in [0.2, 0.25) is 0 Å². The molecule has 0 spiro atoms. The molecule has 1 heterocycles. The second-order valence-corrected chi connectivity index (χ2v) is 6.40. The predicted molar refractivity (Wildman–Crippen MR) is 93.3 cm³/mol. The summed E-state index contributed by atoms with van der Waals surface area (Å²) in [5.41, 5.74) is 3.26. The van der Waals surface area contributed by atoms with Crippen molar-refractivity contribution in [1.29, 1.82) is 0 Å². The molecule has 1 N–H and O–H groups in total. The fraction of sp³-hybridized carbons (Fsp3) is 0.350. The molecule has 3 nitrogen and oxygen atoms in total. The fourth-order valence-electron chi connectivity index (χ4n) is 3.08. The fourth-order valence-corrected chi connectivity index (χ4v) is 3.08. The number of hydrogen-bond acceptors (Lipinski definition) is 2. The Kier molecular flexibility index (Phi) is 5.26. The predicted octanol–water partition coefficient (Wildman–Crippen LogP) is 3.66. The standard InChI is InChI=1S/C20H23FN2O/c1-15-8-9-16(12-19(15)21)20(24)22-13-17-6-2-3-7-18(17)14-23-10-4-5-11-23/h2-3,6-9,12H,4-5,10-11,13-14H2,1H3,(H,22,24). The lowest BCUT2D eigenvalue weighted by Crippen LogP contribution is -2.25. The molecule has 0 unspecified atom stereocenters. The van der Waals surface area contributed by atoms with Gasteiger partial charge in [0.15, 0.2) is 0 Å². The monoisotopic (exact) mass is 326 g/mol. The molecule has 0 bridgehead atoms. The Morgan fingerprint density at radius 1 is 1.12 bits per heavy atom. The maximum Gasteiger partial charge on any atom is 0.251 e. The molecule has 0 aliphatic carbocycles. The van der Waals surface area contributed by atoms with Crippen LogP contribution < -0.4 is 5.32 Å². The third kappa shape index (κ3) is 4.01. The summed E-state index contributed by atoms with van der Waals surface area (Å²) in [7, 11) is 0. The number of likely N-dealkylation sites (tertiary alicyclic amines) is 1. The number of benzene rings is 2. The summed E-state index contributed by atoms with van der Waals surface area (Å²) in [5.74, 6) is -0.595. The molecule has 4 heteroatoms. The molecule has 24 heavy (non-hydrogen) atoms. The molecular weight excluding hydrogens is 303 g/mol. The Morgan fingerprint density at radius 3 is 2.54 bits per heavy atom. The summed E-state index contributed by atoms with van der Waals surface area (Å²) in [5, 5.41) is 2.90. The molecule has 2 aromatic rings. The van der Waals surface area contributed by atoms with Crippen molar-refractivity contribution in [2.75, 3.05) is 13.1 Å². The third-order valence-electron chi connectivity index (χ3n) is 4.58. The molecule has 0 saturated carbocycles. The summed E-state index contributed by atoms with van der Waals surface area (Å²) in [6.07, 6.45) is 2.52. The van der Waals surface area contributed by atoms with E-state index in [0.29, 0.717) is 17.7 Å². The van der Waals surface area contributed by atoms with Crippen LogP contribution >= 0.6 is 0 Å². The van der Waals surface area contributed by atoms with Crippen LogP contribution in [0.4, 0.5) is 4.39 Å². The highest BCUT2D eigenvalue weighted by Gasteiger charge is 2.14. The van der Waals surface area contributed by atoms with Gasteiger partial charge >= 0.3 is 0 Å². The van der Waals surface area contributed by atoms with Crippen molar-refractivity contribution in [2.24, 2.45) is 0 Å². The van der Waals surface area contributed by atoms with Crippen LogP contribution in [-0.2, 0) is 13.1 Å². The number of halogens is 1. The molecule has 0 aromatic heterocycles. The lowest BCUT2D eigenvalue weighted by Gasteiger charge is -2.17. The topological polar surface area (TPSA) is 32.3 Å². The van der Waals surface area contributed by atoms with Crippen molar-refractivity contribution < 1.29 is 9.18 Å². The summed E-state index contributed by atoms with van der Waals surface area (Å²) in [4.78, 5) is 14.7. The van der Waals surface area contributed by atoms with Gasteiger partial charge in [-0.15, -0.1) is 0 Å². The number of amides is 1. The zero-order chi connectivity index (χ0) is 16.9. The second-order valence-electron chi connectivity index (χ2n) is 6.40. The van der Waals surface area contributed by atoms with Gasteiger partial charge in [0.25, 0.3) is 5.91 Å². The number of nitrogens with zero attached hydrogens (tertiary/aromatic N) is 1. The molecule has 1 saturated heterocycles. The van der Waals surface area contributed by atoms with Gasteiger partial charge in [-0.05, 0) is 61.7 Å². The maximum atomic E-state index is 13.6. The number of aryl methyl sites for hydroxylation is 1. The first-order valence-corrected chi connectivity index (χ1v) is 8.47. The van der Waals surface area contributed by atoms with Crippen molar-refractivity contribution in [2.45, 2.75) is 32.9 Å². The molecule has 3 rings (SSSR count). The zero-order valence-electron chi connectivity index (χ0n) is 14.0. The molecule has 1 aliphatic heterocycles. The minimum Gasteiger partial charge on any atom is -0.348 e. The van der Waals surface area contributed by atoms with Gasteiger partial charge in [0, 0.05) is 18.7 Å². The van der Waals surface area contributed by atoms with Gasteiger partial charge < -0.3 is 5.32 Å². The largest absolute Gasteiger partial charge is 0.348 e. The van der Waals surface area contributed by atoms with Gasteiger partial charge in [-0.25, -0.2) is 4.39 Å². The molecule has 0 radical (unpaired) electrons. The first kappa shape index (κ1) is 16.7. The van der Waals surface area contributed by atoms with Crippen LogP contribution in [0.25, 0.3) is 0 Å². The number of carbonyl (C=O) groups excluding carboxylic acids is 1. The van der Waals surface area contributed by atoms with E-state index in [4.69, 9.17) is 0 Å². The Balaban J connectivity index is 1.65. The number of hydrogen-bond donors (Lipinski definition) is 1. The lowest BCUT2D eigenvalue weighted by molar-refractivity contribution is 0.0950. The average Bonchev–Trinajstić information content (AvgIpc) is 3.09. The van der Waals surface area contributed by atoms with Crippen LogP contribution in [0.1, 0.15) is 39.9 Å². The Hall–Kier alpha value is -2.20. The minimum atomic E-state index is -0.350. The van der Waals surface area contributed by atoms with Gasteiger partial charge in [0.05, 0.1) is 0 Å². The van der Waals surface area contributed by atoms with Crippen LogP contribution in [0.5, 0.6) is 0 Å². The van der Waals surface area contributed by atoms with Crippen LogP contribution in [-0.4, -0.2) is 23.9 Å². The van der Waals surface area contributed by atoms with Crippen LogP contribution in [0, 0.1) is 12.7 Å². The molecule has 126 valence electrons. The van der Waals surface area contributed by atoms with Crippen LogP contribution in [0.3, 0.4) is 0 Å². The van der Waals surface area contributed by atoms with E-state index in [-0.39, 0.29) is 11.7 Å². The first-order valence-electron chi connectivity index (χ1n) is 8.47. The smallest absolute Gasteiger partial charge is 0.251 e. The maximum absolute atomic E-state index is 13.6. The Bertz CT molecular complexity index is 723. The summed E-state index contributed by atoms with van der Waals surface area (Å²) >= 11 is 0. The summed E-state index contributed by atoms with van der Waals surface area (Å²) in [6, 6.07) is 12.8. The molecule has 1 aliphatic rings. The quantitative estimate of drug-likeness (QED) is 0.909. The Morgan fingerprint density at radius 2 is 1.83 bits per heavy atom. The van der Waals surface area contributed by atoms with Gasteiger partial charge in [0.1, 0.15) is 5.82 Å². The molecule has 2 aromatic carbocycles. The third-order valence-corrected chi connectivity index (χ3v) is 4.58. The molecule has 0 atom stereocenters. The summed E-state index contributed by atoms with van der Waals surface area (Å²) in [6.45, 7) is 5.35. The second kappa shape index (κ2) is 7.58. The van der Waals surface area contributed by atoms with Crippen molar-refractivity contribution in [3.8, 4) is 0 Å². The molecular formula is C20H23FN2O. The minimum absolute atomic E-state index is 0.245. The summed E-state index contributed by atoms with van der Waals surface area (Å²) < 4.78 is 13.6. The molecule has 1 amide bonds. The van der Waals surface area contributed by atoms with E-state index >= 15 is 0 Å². The van der Waals surface area contributed by atoms with E-state index in [2.05, 4.69) is 16.3 Å². The van der Waals surface area contributed by atoms with E-state index in [1.807, 2.05) is 18.2 Å². The van der Waals surface area contributed by atoms with Gasteiger partial charge in [-0.2, -0.15) is 0 Å². The molecule has 1 fully saturated rings. The zero-order valence-corrected chi connectivity index (χ0v) is 14.0. The first-order chi connectivity index (χ1) is 11.6.